The number of esters is 1. The van der Waals surface area contributed by atoms with Crippen LogP contribution in [0.3, 0.4) is 0 Å². The van der Waals surface area contributed by atoms with Crippen LogP contribution in [-0.2, 0) is 14.3 Å². The number of carbonyl (C=O) groups is 2. The number of aliphatic hydroxyl groups excluding tert-OH is 2. The lowest BCUT2D eigenvalue weighted by Gasteiger charge is -2.22. The zero-order chi connectivity index (χ0) is 55.0. The number of hydrogen-bond donors (Lipinski definition) is 3. The van der Waals surface area contributed by atoms with Gasteiger partial charge in [-0.15, -0.1) is 0 Å². The van der Waals surface area contributed by atoms with E-state index in [1.54, 1.807) is 0 Å². The maximum absolute atomic E-state index is 12.5. The van der Waals surface area contributed by atoms with Crippen molar-refractivity contribution in [2.24, 2.45) is 0 Å². The number of amides is 1. The van der Waals surface area contributed by atoms with E-state index in [0.29, 0.717) is 25.9 Å². The van der Waals surface area contributed by atoms with Gasteiger partial charge in [-0.3, -0.25) is 9.59 Å². The van der Waals surface area contributed by atoms with Gasteiger partial charge in [-0.2, -0.15) is 0 Å². The minimum absolute atomic E-state index is 0.0106. The Labute approximate surface area is 475 Å². The Hall–Kier alpha value is -1.66. The van der Waals surface area contributed by atoms with Crippen LogP contribution in [0.4, 0.5) is 0 Å². The molecular weight excluding hydrogens is 935 g/mol. The number of ether oxygens (including phenoxy) is 1. The quantitative estimate of drug-likeness (QED) is 0.0320. The van der Waals surface area contributed by atoms with Crippen molar-refractivity contribution >= 4 is 11.9 Å². The van der Waals surface area contributed by atoms with Gasteiger partial charge in [0.1, 0.15) is 0 Å². The first-order valence-electron chi connectivity index (χ1n) is 34.6. The number of carbonyl (C=O) groups excluding carboxylic acids is 2. The van der Waals surface area contributed by atoms with Crippen LogP contribution in [-0.4, -0.2) is 47.4 Å². The van der Waals surface area contributed by atoms with Crippen molar-refractivity contribution < 1.29 is 24.5 Å². The summed E-state index contributed by atoms with van der Waals surface area (Å²) < 4.78 is 5.50. The fraction of sp³-hybridized carbons (Fsp3) is 0.914. The van der Waals surface area contributed by atoms with E-state index in [-0.39, 0.29) is 18.5 Å². The Morgan fingerprint density at radius 3 is 1.01 bits per heavy atom. The van der Waals surface area contributed by atoms with Gasteiger partial charge in [0.05, 0.1) is 25.4 Å². The van der Waals surface area contributed by atoms with Crippen LogP contribution < -0.4 is 5.32 Å². The van der Waals surface area contributed by atoms with Crippen LogP contribution >= 0.6 is 0 Å². The average molecular weight is 1070 g/mol. The van der Waals surface area contributed by atoms with Gasteiger partial charge in [0.25, 0.3) is 0 Å². The minimum Gasteiger partial charge on any atom is -0.466 e. The highest BCUT2D eigenvalue weighted by Gasteiger charge is 2.20. The molecule has 0 aliphatic heterocycles. The van der Waals surface area contributed by atoms with Gasteiger partial charge in [-0.1, -0.05) is 340 Å². The molecule has 0 radical (unpaired) electrons. The highest BCUT2D eigenvalue weighted by Crippen LogP contribution is 2.19. The van der Waals surface area contributed by atoms with E-state index in [1.807, 2.05) is 0 Å². The molecule has 0 aromatic rings. The normalized spacial score (nSPS) is 12.6. The van der Waals surface area contributed by atoms with E-state index in [1.165, 1.54) is 302 Å². The van der Waals surface area contributed by atoms with Gasteiger partial charge >= 0.3 is 5.97 Å². The first-order valence-corrected chi connectivity index (χ1v) is 34.6. The fourth-order valence-corrected chi connectivity index (χ4v) is 11.0. The predicted molar refractivity (Wildman–Crippen MR) is 333 cm³/mol. The Morgan fingerprint density at radius 1 is 0.368 bits per heavy atom. The topological polar surface area (TPSA) is 95.9 Å². The van der Waals surface area contributed by atoms with Crippen LogP contribution in [0.15, 0.2) is 24.3 Å². The first kappa shape index (κ1) is 74.3. The SMILES string of the molecule is CCCCCC/C=C\C/C=C\CCCCCCCCCC(=O)OCCCCCCCCCCCCCCCCCCCCCCCCCCCCC(=O)NC(CO)C(O)CCCCCCCCCCCCCCCCC. The number of unbranched alkanes of at least 4 members (excludes halogenated alkanes) is 50. The molecule has 0 aromatic heterocycles. The lowest BCUT2D eigenvalue weighted by atomic mass is 10.0. The van der Waals surface area contributed by atoms with Crippen LogP contribution in [0.5, 0.6) is 0 Å². The third kappa shape index (κ3) is 61.6. The predicted octanol–water partition coefficient (Wildman–Crippen LogP) is 22.1. The van der Waals surface area contributed by atoms with E-state index < -0.39 is 12.1 Å². The molecule has 0 saturated carbocycles. The van der Waals surface area contributed by atoms with Crippen molar-refractivity contribution in [1.82, 2.24) is 5.32 Å². The molecule has 2 unspecified atom stereocenters. The summed E-state index contributed by atoms with van der Waals surface area (Å²) in [5, 5.41) is 23.3. The van der Waals surface area contributed by atoms with Crippen molar-refractivity contribution in [1.29, 1.82) is 0 Å². The number of aliphatic hydroxyl groups is 2. The van der Waals surface area contributed by atoms with E-state index >= 15 is 0 Å². The first-order chi connectivity index (χ1) is 37.5. The highest BCUT2D eigenvalue weighted by atomic mass is 16.5. The Kier molecular flexibility index (Phi) is 64.4. The van der Waals surface area contributed by atoms with Crippen molar-refractivity contribution in [3.8, 4) is 0 Å². The molecule has 0 spiro atoms. The summed E-state index contributed by atoms with van der Waals surface area (Å²) in [5.41, 5.74) is 0. The monoisotopic (exact) mass is 1070 g/mol. The summed E-state index contributed by atoms with van der Waals surface area (Å²) in [7, 11) is 0. The lowest BCUT2D eigenvalue weighted by Crippen LogP contribution is -2.45. The number of allylic oxidation sites excluding steroid dienone is 4. The van der Waals surface area contributed by atoms with E-state index in [2.05, 4.69) is 43.5 Å². The number of rotatable bonds is 65. The maximum Gasteiger partial charge on any atom is 0.305 e. The molecule has 1 amide bonds. The van der Waals surface area contributed by atoms with Crippen LogP contribution in [0.1, 0.15) is 386 Å². The molecule has 2 atom stereocenters. The van der Waals surface area contributed by atoms with Gasteiger partial charge in [0, 0.05) is 12.8 Å². The molecule has 6 nitrogen and oxygen atoms in total. The van der Waals surface area contributed by atoms with Gasteiger partial charge in [-0.05, 0) is 57.8 Å². The second-order valence-electron chi connectivity index (χ2n) is 23.9. The zero-order valence-corrected chi connectivity index (χ0v) is 51.5. The third-order valence-electron chi connectivity index (χ3n) is 16.3. The largest absolute Gasteiger partial charge is 0.466 e. The molecule has 0 aliphatic rings. The van der Waals surface area contributed by atoms with Gasteiger partial charge in [0.2, 0.25) is 5.91 Å². The molecule has 0 rings (SSSR count). The maximum atomic E-state index is 12.5. The molecule has 0 bridgehead atoms. The molecule has 0 saturated heterocycles. The third-order valence-corrected chi connectivity index (χ3v) is 16.3. The molecule has 0 aromatic carbocycles. The van der Waals surface area contributed by atoms with E-state index in [9.17, 15) is 19.8 Å². The summed E-state index contributed by atoms with van der Waals surface area (Å²) in [4.78, 5) is 24.6. The van der Waals surface area contributed by atoms with Crippen molar-refractivity contribution in [2.45, 2.75) is 398 Å². The molecule has 450 valence electrons. The summed E-state index contributed by atoms with van der Waals surface area (Å²) >= 11 is 0. The molecular formula is C70H135NO5. The van der Waals surface area contributed by atoms with E-state index in [4.69, 9.17) is 4.74 Å². The van der Waals surface area contributed by atoms with E-state index in [0.717, 1.165) is 51.4 Å². The van der Waals surface area contributed by atoms with Gasteiger partial charge in [-0.25, -0.2) is 0 Å². The fourth-order valence-electron chi connectivity index (χ4n) is 11.0. The molecule has 76 heavy (non-hydrogen) atoms. The Balaban J connectivity index is 3.34. The van der Waals surface area contributed by atoms with Crippen LogP contribution in [0, 0.1) is 0 Å². The lowest BCUT2D eigenvalue weighted by molar-refractivity contribution is -0.143. The summed E-state index contributed by atoms with van der Waals surface area (Å²) in [5.74, 6) is -0.0194. The molecule has 0 aliphatic carbocycles. The zero-order valence-electron chi connectivity index (χ0n) is 51.5. The number of hydrogen-bond acceptors (Lipinski definition) is 5. The van der Waals surface area contributed by atoms with Gasteiger partial charge < -0.3 is 20.3 Å². The summed E-state index contributed by atoms with van der Waals surface area (Å²) in [6.07, 6.45) is 82.2. The second kappa shape index (κ2) is 65.9. The average Bonchev–Trinajstić information content (AvgIpc) is 3.42. The Bertz CT molecular complexity index is 1190. The molecule has 0 fully saturated rings. The standard InChI is InChI=1S/C70H135NO5/c1-3-5-7-9-11-13-15-17-19-20-32-36-40-44-48-52-56-60-64-70(75)76-65-61-57-53-49-45-41-37-33-30-28-26-24-22-21-23-25-27-29-31-35-39-43-47-51-55-59-63-69(74)71-67(66-72)68(73)62-58-54-50-46-42-38-34-18-16-14-12-10-8-6-4-2/h13,15,19-20,67-68,72-73H,3-12,14,16-18,21-66H2,1-2H3,(H,71,74)/b15-13-,20-19-. The van der Waals surface area contributed by atoms with Crippen molar-refractivity contribution in [3.63, 3.8) is 0 Å². The Morgan fingerprint density at radius 2 is 0.658 bits per heavy atom. The van der Waals surface area contributed by atoms with Gasteiger partial charge in [0.15, 0.2) is 0 Å². The van der Waals surface area contributed by atoms with Crippen LogP contribution in [0.25, 0.3) is 0 Å². The number of nitrogens with one attached hydrogen (secondary N) is 1. The molecule has 6 heteroatoms. The molecule has 0 heterocycles. The summed E-state index contributed by atoms with van der Waals surface area (Å²) in [6.45, 7) is 4.97. The highest BCUT2D eigenvalue weighted by molar-refractivity contribution is 5.76. The second-order valence-corrected chi connectivity index (χ2v) is 23.9. The summed E-state index contributed by atoms with van der Waals surface area (Å²) in [6, 6.07) is -0.539. The smallest absolute Gasteiger partial charge is 0.305 e. The van der Waals surface area contributed by atoms with Crippen molar-refractivity contribution in [2.75, 3.05) is 13.2 Å². The molecule has 3 N–H and O–H groups in total. The van der Waals surface area contributed by atoms with Crippen LogP contribution in [0.2, 0.25) is 0 Å². The van der Waals surface area contributed by atoms with Crippen molar-refractivity contribution in [3.05, 3.63) is 24.3 Å². The minimum atomic E-state index is -0.662.